The van der Waals surface area contributed by atoms with Gasteiger partial charge in [0, 0.05) is 29.3 Å². The van der Waals surface area contributed by atoms with E-state index in [2.05, 4.69) is 47.7 Å². The second kappa shape index (κ2) is 4.60. The van der Waals surface area contributed by atoms with Crippen molar-refractivity contribution in [1.82, 2.24) is 19.9 Å². The lowest BCUT2D eigenvalue weighted by atomic mass is 9.93. The summed E-state index contributed by atoms with van der Waals surface area (Å²) in [5.41, 5.74) is 3.46. The van der Waals surface area contributed by atoms with Crippen LogP contribution in [-0.4, -0.2) is 27.7 Å². The average Bonchev–Trinajstić information content (AvgIpc) is 2.83. The molecular weight excluding hydrogens is 236 g/mol. The summed E-state index contributed by atoms with van der Waals surface area (Å²) in [5.74, 6) is 0.597. The van der Waals surface area contributed by atoms with Gasteiger partial charge in [-0.15, -0.1) is 0 Å². The summed E-state index contributed by atoms with van der Waals surface area (Å²) in [6.45, 7) is 8.78. The molecule has 1 N–H and O–H groups in total. The normalized spacial score (nSPS) is 18.1. The number of piperidine rings is 1. The highest BCUT2D eigenvalue weighted by molar-refractivity contribution is 5.42. The van der Waals surface area contributed by atoms with Gasteiger partial charge in [-0.1, -0.05) is 20.8 Å². The molecule has 0 spiro atoms. The number of nitrogens with one attached hydrogen (secondary N) is 1. The Bertz CT molecular complexity index is 573. The second-order valence-electron chi connectivity index (χ2n) is 6.44. The molecule has 0 bridgehead atoms. The van der Waals surface area contributed by atoms with Gasteiger partial charge in [-0.3, -0.25) is 0 Å². The van der Waals surface area contributed by atoms with Gasteiger partial charge in [-0.05, 0) is 32.0 Å². The lowest BCUT2D eigenvalue weighted by Gasteiger charge is -2.23. The second-order valence-corrected chi connectivity index (χ2v) is 6.44. The predicted octanol–water partition coefficient (Wildman–Crippen LogP) is 2.49. The highest BCUT2D eigenvalue weighted by Crippen LogP contribution is 2.27. The first-order chi connectivity index (χ1) is 9.05. The maximum Gasteiger partial charge on any atom is 0.155 e. The van der Waals surface area contributed by atoms with Crippen LogP contribution in [-0.2, 0) is 5.41 Å². The van der Waals surface area contributed by atoms with Gasteiger partial charge in [-0.25, -0.2) is 9.50 Å². The van der Waals surface area contributed by atoms with Gasteiger partial charge in [0.05, 0.1) is 5.69 Å². The Morgan fingerprint density at radius 2 is 2.00 bits per heavy atom. The summed E-state index contributed by atoms with van der Waals surface area (Å²) >= 11 is 0. The van der Waals surface area contributed by atoms with Crippen LogP contribution in [0.4, 0.5) is 0 Å². The van der Waals surface area contributed by atoms with Crippen molar-refractivity contribution < 1.29 is 0 Å². The minimum absolute atomic E-state index is 0.0685. The van der Waals surface area contributed by atoms with Crippen molar-refractivity contribution in [1.29, 1.82) is 0 Å². The van der Waals surface area contributed by atoms with Crippen LogP contribution in [0.1, 0.15) is 50.9 Å². The molecule has 1 aliphatic heterocycles. The van der Waals surface area contributed by atoms with Gasteiger partial charge >= 0.3 is 0 Å². The molecule has 0 saturated carbocycles. The van der Waals surface area contributed by atoms with E-state index in [-0.39, 0.29) is 5.41 Å². The summed E-state index contributed by atoms with van der Waals surface area (Å²) in [4.78, 5) is 4.46. The Hall–Kier alpha value is -1.42. The molecule has 0 aliphatic carbocycles. The van der Waals surface area contributed by atoms with Crippen molar-refractivity contribution in [3.05, 3.63) is 29.7 Å². The Balaban J connectivity index is 2.07. The zero-order valence-electron chi connectivity index (χ0n) is 12.0. The van der Waals surface area contributed by atoms with Crippen molar-refractivity contribution in [2.24, 2.45) is 0 Å². The van der Waals surface area contributed by atoms with Gasteiger partial charge in [0.2, 0.25) is 0 Å². The van der Waals surface area contributed by atoms with Crippen LogP contribution in [0.15, 0.2) is 18.3 Å². The summed E-state index contributed by atoms with van der Waals surface area (Å²) in [7, 11) is 0. The highest BCUT2D eigenvalue weighted by atomic mass is 15.3. The molecule has 3 rings (SSSR count). The quantitative estimate of drug-likeness (QED) is 0.854. The zero-order chi connectivity index (χ0) is 13.5. The SMILES string of the molecule is CC(C)(C)c1cc2nccc(C3CCNCC3)n2n1. The third-order valence-electron chi connectivity index (χ3n) is 3.91. The van der Waals surface area contributed by atoms with Crippen molar-refractivity contribution >= 4 is 5.65 Å². The molecule has 19 heavy (non-hydrogen) atoms. The van der Waals surface area contributed by atoms with E-state index < -0.39 is 0 Å². The first kappa shape index (κ1) is 12.6. The van der Waals surface area contributed by atoms with Crippen LogP contribution >= 0.6 is 0 Å². The molecule has 4 nitrogen and oxygen atoms in total. The van der Waals surface area contributed by atoms with E-state index in [1.807, 2.05) is 6.20 Å². The molecule has 3 heterocycles. The molecule has 2 aromatic rings. The van der Waals surface area contributed by atoms with Gasteiger partial charge < -0.3 is 5.32 Å². The van der Waals surface area contributed by atoms with Crippen molar-refractivity contribution in [2.45, 2.75) is 44.9 Å². The molecule has 102 valence electrons. The number of aromatic nitrogens is 3. The number of rotatable bonds is 1. The predicted molar refractivity (Wildman–Crippen MR) is 76.5 cm³/mol. The maximum atomic E-state index is 4.79. The van der Waals surface area contributed by atoms with E-state index in [1.54, 1.807) is 0 Å². The molecule has 0 amide bonds. The molecule has 1 saturated heterocycles. The average molecular weight is 258 g/mol. The van der Waals surface area contributed by atoms with Crippen LogP contribution < -0.4 is 5.32 Å². The molecule has 4 heteroatoms. The molecule has 0 radical (unpaired) electrons. The summed E-state index contributed by atoms with van der Waals surface area (Å²) in [6.07, 6.45) is 4.29. The minimum atomic E-state index is 0.0685. The third kappa shape index (κ3) is 2.37. The lowest BCUT2D eigenvalue weighted by Crippen LogP contribution is -2.27. The first-order valence-corrected chi connectivity index (χ1v) is 7.11. The topological polar surface area (TPSA) is 42.2 Å². The van der Waals surface area contributed by atoms with Crippen LogP contribution in [0.25, 0.3) is 5.65 Å². The Kier molecular flexibility index (Phi) is 3.05. The van der Waals surface area contributed by atoms with Crippen LogP contribution in [0, 0.1) is 0 Å². The Labute approximate surface area is 114 Å². The summed E-state index contributed by atoms with van der Waals surface area (Å²) < 4.78 is 2.05. The van der Waals surface area contributed by atoms with Crippen molar-refractivity contribution in [2.75, 3.05) is 13.1 Å². The largest absolute Gasteiger partial charge is 0.317 e. The van der Waals surface area contributed by atoms with Crippen LogP contribution in [0.2, 0.25) is 0 Å². The molecule has 0 aromatic carbocycles. The Morgan fingerprint density at radius 3 is 2.68 bits per heavy atom. The smallest absolute Gasteiger partial charge is 0.155 e. The van der Waals surface area contributed by atoms with E-state index in [9.17, 15) is 0 Å². The fourth-order valence-corrected chi connectivity index (χ4v) is 2.71. The zero-order valence-corrected chi connectivity index (χ0v) is 12.0. The molecule has 1 aliphatic rings. The van der Waals surface area contributed by atoms with Gasteiger partial charge in [0.1, 0.15) is 0 Å². The van der Waals surface area contributed by atoms with Crippen molar-refractivity contribution in [3.8, 4) is 0 Å². The standard InChI is InChI=1S/C15H22N4/c1-15(2,3)13-10-14-17-9-6-12(19(14)18-13)11-4-7-16-8-5-11/h6,9-11,16H,4-5,7-8H2,1-3H3. The van der Waals surface area contributed by atoms with E-state index in [4.69, 9.17) is 5.10 Å². The first-order valence-electron chi connectivity index (χ1n) is 7.11. The summed E-state index contributed by atoms with van der Waals surface area (Å²) in [5, 5.41) is 8.21. The van der Waals surface area contributed by atoms with E-state index in [0.717, 1.165) is 24.4 Å². The van der Waals surface area contributed by atoms with E-state index in [1.165, 1.54) is 18.5 Å². The molecule has 0 unspecified atom stereocenters. The fourth-order valence-electron chi connectivity index (χ4n) is 2.71. The fraction of sp³-hybridized carbons (Fsp3) is 0.600. The van der Waals surface area contributed by atoms with Gasteiger partial charge in [0.15, 0.2) is 5.65 Å². The molecule has 2 aromatic heterocycles. The number of nitrogens with zero attached hydrogens (tertiary/aromatic N) is 3. The minimum Gasteiger partial charge on any atom is -0.317 e. The van der Waals surface area contributed by atoms with Crippen molar-refractivity contribution in [3.63, 3.8) is 0 Å². The van der Waals surface area contributed by atoms with Gasteiger partial charge in [0.25, 0.3) is 0 Å². The third-order valence-corrected chi connectivity index (χ3v) is 3.91. The molecule has 1 fully saturated rings. The lowest BCUT2D eigenvalue weighted by molar-refractivity contribution is 0.445. The van der Waals surface area contributed by atoms with E-state index in [0.29, 0.717) is 5.92 Å². The number of hydrogen-bond acceptors (Lipinski definition) is 3. The number of hydrogen-bond donors (Lipinski definition) is 1. The summed E-state index contributed by atoms with van der Waals surface area (Å²) in [6, 6.07) is 4.24. The monoisotopic (exact) mass is 258 g/mol. The van der Waals surface area contributed by atoms with Crippen LogP contribution in [0.3, 0.4) is 0 Å². The van der Waals surface area contributed by atoms with E-state index >= 15 is 0 Å². The van der Waals surface area contributed by atoms with Crippen LogP contribution in [0.5, 0.6) is 0 Å². The number of fused-ring (bicyclic) bond motifs is 1. The Morgan fingerprint density at radius 1 is 1.26 bits per heavy atom. The molecular formula is C15H22N4. The maximum absolute atomic E-state index is 4.79. The molecule has 0 atom stereocenters. The van der Waals surface area contributed by atoms with Gasteiger partial charge in [-0.2, -0.15) is 5.10 Å². The highest BCUT2D eigenvalue weighted by Gasteiger charge is 2.22.